The van der Waals surface area contributed by atoms with Gasteiger partial charge in [-0.1, -0.05) is 30.3 Å². The van der Waals surface area contributed by atoms with Crippen molar-refractivity contribution in [2.24, 2.45) is 0 Å². The summed E-state index contributed by atoms with van der Waals surface area (Å²) >= 11 is 0. The molecule has 4 aromatic rings. The zero-order valence-electron chi connectivity index (χ0n) is 19.5. The van der Waals surface area contributed by atoms with Crippen molar-refractivity contribution in [2.45, 2.75) is 44.9 Å². The lowest BCUT2D eigenvalue weighted by molar-refractivity contribution is 0.191. The molecule has 2 aliphatic rings. The van der Waals surface area contributed by atoms with Gasteiger partial charge in [-0.05, 0) is 44.5 Å². The lowest BCUT2D eigenvalue weighted by Crippen LogP contribution is -2.49. The number of anilines is 2. The number of likely N-dealkylation sites (tertiary alicyclic amines) is 1. The number of para-hydroxylation sites is 1. The van der Waals surface area contributed by atoms with Gasteiger partial charge in [-0.25, -0.2) is 14.1 Å². The Labute approximate surface area is 199 Å². The smallest absolute Gasteiger partial charge is 0.159 e. The monoisotopic (exact) mass is 456 g/mol. The highest BCUT2D eigenvalue weighted by molar-refractivity contribution is 5.92. The van der Waals surface area contributed by atoms with Gasteiger partial charge in [-0.2, -0.15) is 0 Å². The van der Waals surface area contributed by atoms with E-state index in [4.69, 9.17) is 5.10 Å². The van der Waals surface area contributed by atoms with E-state index in [1.807, 2.05) is 22.9 Å². The van der Waals surface area contributed by atoms with Gasteiger partial charge in [0.2, 0.25) is 0 Å². The number of piperazine rings is 1. The molecule has 2 fully saturated rings. The summed E-state index contributed by atoms with van der Waals surface area (Å²) in [7, 11) is 0. The van der Waals surface area contributed by atoms with Crippen LogP contribution in [0.4, 0.5) is 16.0 Å². The SMILES string of the molecule is CC(C)N1CC2CC1CN2c1nn(-c2ccnc(NCc3ccccc3F)c2)c2ccccc12. The van der Waals surface area contributed by atoms with E-state index in [2.05, 4.69) is 58.2 Å². The highest BCUT2D eigenvalue weighted by atomic mass is 19.1. The fourth-order valence-corrected chi connectivity index (χ4v) is 5.52. The molecule has 6 rings (SSSR count). The summed E-state index contributed by atoms with van der Waals surface area (Å²) in [6, 6.07) is 20.9. The van der Waals surface area contributed by atoms with Crippen molar-refractivity contribution in [1.29, 1.82) is 0 Å². The Bertz CT molecular complexity index is 1330. The highest BCUT2D eigenvalue weighted by Gasteiger charge is 2.45. The highest BCUT2D eigenvalue weighted by Crippen LogP contribution is 2.38. The summed E-state index contributed by atoms with van der Waals surface area (Å²) in [5.41, 5.74) is 2.62. The fourth-order valence-electron chi connectivity index (χ4n) is 5.52. The van der Waals surface area contributed by atoms with Gasteiger partial charge in [0.05, 0.1) is 11.2 Å². The molecule has 174 valence electrons. The second-order valence-electron chi connectivity index (χ2n) is 9.58. The Morgan fingerprint density at radius 3 is 2.65 bits per heavy atom. The number of hydrogen-bond donors (Lipinski definition) is 1. The minimum atomic E-state index is -0.218. The van der Waals surface area contributed by atoms with Gasteiger partial charge in [-0.3, -0.25) is 4.90 Å². The van der Waals surface area contributed by atoms with E-state index in [0.717, 1.165) is 30.1 Å². The number of pyridine rings is 1. The van der Waals surface area contributed by atoms with Crippen molar-refractivity contribution in [3.05, 3.63) is 78.2 Å². The lowest BCUT2D eigenvalue weighted by atomic mass is 10.2. The topological polar surface area (TPSA) is 49.2 Å². The summed E-state index contributed by atoms with van der Waals surface area (Å²) in [6.07, 6.45) is 2.98. The summed E-state index contributed by atoms with van der Waals surface area (Å²) < 4.78 is 16.0. The quantitative estimate of drug-likeness (QED) is 0.450. The van der Waals surface area contributed by atoms with E-state index >= 15 is 0 Å². The molecule has 7 heteroatoms. The van der Waals surface area contributed by atoms with E-state index in [0.29, 0.717) is 36.1 Å². The normalized spacial score (nSPS) is 20.1. The minimum absolute atomic E-state index is 0.218. The molecule has 2 saturated heterocycles. The molecular weight excluding hydrogens is 427 g/mol. The van der Waals surface area contributed by atoms with Crippen LogP contribution >= 0.6 is 0 Å². The predicted molar refractivity (Wildman–Crippen MR) is 134 cm³/mol. The molecule has 0 saturated carbocycles. The average Bonchev–Trinajstić information content (AvgIpc) is 3.56. The molecule has 2 bridgehead atoms. The van der Waals surface area contributed by atoms with Crippen LogP contribution in [0.1, 0.15) is 25.8 Å². The molecule has 2 aliphatic heterocycles. The van der Waals surface area contributed by atoms with Gasteiger partial charge in [0.15, 0.2) is 5.82 Å². The van der Waals surface area contributed by atoms with Gasteiger partial charge in [0.25, 0.3) is 0 Å². The zero-order valence-corrected chi connectivity index (χ0v) is 19.5. The van der Waals surface area contributed by atoms with Crippen LogP contribution in [0, 0.1) is 5.82 Å². The average molecular weight is 457 g/mol. The number of rotatable bonds is 6. The largest absolute Gasteiger partial charge is 0.366 e. The molecule has 2 aromatic carbocycles. The summed E-state index contributed by atoms with van der Waals surface area (Å²) in [5.74, 6) is 1.53. The second kappa shape index (κ2) is 8.40. The second-order valence-corrected chi connectivity index (χ2v) is 9.58. The molecule has 2 aromatic heterocycles. The maximum atomic E-state index is 14.0. The summed E-state index contributed by atoms with van der Waals surface area (Å²) in [5, 5.41) is 9.53. The van der Waals surface area contributed by atoms with Gasteiger partial charge < -0.3 is 10.2 Å². The molecule has 1 N–H and O–H groups in total. The first-order valence-corrected chi connectivity index (χ1v) is 12.0. The Balaban J connectivity index is 1.31. The molecule has 0 radical (unpaired) electrons. The van der Waals surface area contributed by atoms with Crippen molar-refractivity contribution in [2.75, 3.05) is 23.3 Å². The Morgan fingerprint density at radius 1 is 1.03 bits per heavy atom. The van der Waals surface area contributed by atoms with Gasteiger partial charge in [-0.15, -0.1) is 5.10 Å². The van der Waals surface area contributed by atoms with Crippen LogP contribution in [0.25, 0.3) is 16.6 Å². The molecule has 6 nitrogen and oxygen atoms in total. The fraction of sp³-hybridized carbons (Fsp3) is 0.333. The predicted octanol–water partition coefficient (Wildman–Crippen LogP) is 4.84. The van der Waals surface area contributed by atoms with Crippen molar-refractivity contribution < 1.29 is 4.39 Å². The van der Waals surface area contributed by atoms with Crippen molar-refractivity contribution in [1.82, 2.24) is 19.7 Å². The van der Waals surface area contributed by atoms with Crippen LogP contribution in [0.2, 0.25) is 0 Å². The first kappa shape index (κ1) is 21.1. The molecule has 0 spiro atoms. The van der Waals surface area contributed by atoms with E-state index < -0.39 is 0 Å². The third-order valence-electron chi connectivity index (χ3n) is 7.19. The lowest BCUT2D eigenvalue weighted by Gasteiger charge is -2.36. The molecular formula is C27H29FN6. The molecule has 0 amide bonds. The molecule has 2 atom stereocenters. The third-order valence-corrected chi connectivity index (χ3v) is 7.19. The Hall–Kier alpha value is -3.45. The van der Waals surface area contributed by atoms with E-state index in [-0.39, 0.29) is 5.82 Å². The number of aromatic nitrogens is 3. The van der Waals surface area contributed by atoms with Gasteiger partial charge in [0, 0.05) is 61.0 Å². The molecule has 2 unspecified atom stereocenters. The van der Waals surface area contributed by atoms with Crippen LogP contribution in [-0.4, -0.2) is 50.9 Å². The van der Waals surface area contributed by atoms with E-state index in [1.54, 1.807) is 18.3 Å². The van der Waals surface area contributed by atoms with E-state index in [9.17, 15) is 4.39 Å². The summed E-state index contributed by atoms with van der Waals surface area (Å²) in [6.45, 7) is 7.07. The standard InChI is InChI=1S/C27H29FN6/c1-18(2)32-16-22-13-21(32)17-33(22)27-23-8-4-6-10-25(23)34(31-27)20-11-12-29-26(14-20)30-15-19-7-3-5-9-24(19)28/h3-12,14,18,21-22H,13,15-17H2,1-2H3,(H,29,30). The molecule has 34 heavy (non-hydrogen) atoms. The van der Waals surface area contributed by atoms with Crippen molar-refractivity contribution in [3.63, 3.8) is 0 Å². The first-order chi connectivity index (χ1) is 16.6. The number of fused-ring (bicyclic) bond motifs is 3. The number of nitrogens with zero attached hydrogens (tertiary/aromatic N) is 5. The minimum Gasteiger partial charge on any atom is -0.366 e. The van der Waals surface area contributed by atoms with Crippen LogP contribution < -0.4 is 10.2 Å². The maximum absolute atomic E-state index is 14.0. The molecule has 4 heterocycles. The molecule has 0 aliphatic carbocycles. The number of benzene rings is 2. The maximum Gasteiger partial charge on any atom is 0.159 e. The number of nitrogens with one attached hydrogen (secondary N) is 1. The Kier molecular flexibility index (Phi) is 5.21. The first-order valence-electron chi connectivity index (χ1n) is 12.0. The Morgan fingerprint density at radius 2 is 1.85 bits per heavy atom. The van der Waals surface area contributed by atoms with Crippen LogP contribution in [0.3, 0.4) is 0 Å². The van der Waals surface area contributed by atoms with Gasteiger partial charge in [0.1, 0.15) is 11.6 Å². The van der Waals surface area contributed by atoms with Crippen LogP contribution in [0.15, 0.2) is 66.9 Å². The number of hydrogen-bond acceptors (Lipinski definition) is 5. The van der Waals surface area contributed by atoms with Crippen molar-refractivity contribution in [3.8, 4) is 5.69 Å². The van der Waals surface area contributed by atoms with Gasteiger partial charge >= 0.3 is 0 Å². The summed E-state index contributed by atoms with van der Waals surface area (Å²) in [4.78, 5) is 9.56. The third kappa shape index (κ3) is 3.60. The van der Waals surface area contributed by atoms with Crippen LogP contribution in [-0.2, 0) is 6.54 Å². The van der Waals surface area contributed by atoms with E-state index in [1.165, 1.54) is 17.9 Å². The number of halogens is 1. The zero-order chi connectivity index (χ0) is 23.2. The van der Waals surface area contributed by atoms with Crippen molar-refractivity contribution >= 4 is 22.5 Å². The van der Waals surface area contributed by atoms with Crippen LogP contribution in [0.5, 0.6) is 0 Å².